The third-order valence-electron chi connectivity index (χ3n) is 2.93. The number of hydrogen-bond acceptors (Lipinski definition) is 3. The fourth-order valence-corrected chi connectivity index (χ4v) is 1.92. The van der Waals surface area contributed by atoms with Crippen molar-refractivity contribution in [2.24, 2.45) is 5.73 Å². The summed E-state index contributed by atoms with van der Waals surface area (Å²) in [4.78, 5) is 0. The highest BCUT2D eigenvalue weighted by Crippen LogP contribution is 2.31. The van der Waals surface area contributed by atoms with Gasteiger partial charge in [-0.3, -0.25) is 0 Å². The van der Waals surface area contributed by atoms with Crippen LogP contribution in [0, 0.1) is 0 Å². The van der Waals surface area contributed by atoms with Crippen LogP contribution in [-0.4, -0.2) is 14.2 Å². The topological polar surface area (TPSA) is 44.5 Å². The predicted molar refractivity (Wildman–Crippen MR) is 72.0 cm³/mol. The van der Waals surface area contributed by atoms with Crippen molar-refractivity contribution in [2.45, 2.75) is 6.04 Å². The molecule has 0 spiro atoms. The number of benzene rings is 2. The zero-order chi connectivity index (χ0) is 13.0. The van der Waals surface area contributed by atoms with Crippen LogP contribution in [0.5, 0.6) is 11.5 Å². The van der Waals surface area contributed by atoms with Crippen molar-refractivity contribution in [3.8, 4) is 11.5 Å². The Kier molecular flexibility index (Phi) is 3.85. The second-order valence-electron chi connectivity index (χ2n) is 4.00. The Bertz CT molecular complexity index is 511. The van der Waals surface area contributed by atoms with Crippen LogP contribution in [0.3, 0.4) is 0 Å². The third kappa shape index (κ3) is 2.46. The standard InChI is InChI=1S/C15H17NO2/c1-17-12-8-9-14(18-2)13(10-12)15(16)11-6-4-3-5-7-11/h3-10,15H,16H2,1-2H3. The van der Waals surface area contributed by atoms with Crippen LogP contribution in [0.1, 0.15) is 17.2 Å². The molecule has 0 bridgehead atoms. The molecule has 0 amide bonds. The number of hydrogen-bond donors (Lipinski definition) is 1. The molecule has 0 radical (unpaired) electrons. The second kappa shape index (κ2) is 5.56. The molecule has 3 heteroatoms. The van der Waals surface area contributed by atoms with Gasteiger partial charge in [-0.15, -0.1) is 0 Å². The summed E-state index contributed by atoms with van der Waals surface area (Å²) in [7, 11) is 3.28. The Morgan fingerprint density at radius 3 is 2.28 bits per heavy atom. The Morgan fingerprint density at radius 1 is 0.944 bits per heavy atom. The fraction of sp³-hybridized carbons (Fsp3) is 0.200. The minimum absolute atomic E-state index is 0.226. The van der Waals surface area contributed by atoms with Gasteiger partial charge in [0.1, 0.15) is 11.5 Å². The second-order valence-corrected chi connectivity index (χ2v) is 4.00. The molecule has 0 aromatic heterocycles. The first kappa shape index (κ1) is 12.5. The smallest absolute Gasteiger partial charge is 0.124 e. The van der Waals surface area contributed by atoms with Crippen molar-refractivity contribution in [1.82, 2.24) is 0 Å². The molecule has 2 rings (SSSR count). The van der Waals surface area contributed by atoms with Gasteiger partial charge in [-0.25, -0.2) is 0 Å². The minimum atomic E-state index is -0.226. The maximum Gasteiger partial charge on any atom is 0.124 e. The summed E-state index contributed by atoms with van der Waals surface area (Å²) >= 11 is 0. The van der Waals surface area contributed by atoms with Crippen molar-refractivity contribution in [2.75, 3.05) is 14.2 Å². The summed E-state index contributed by atoms with van der Waals surface area (Å²) in [5, 5.41) is 0. The first-order valence-electron chi connectivity index (χ1n) is 5.78. The van der Waals surface area contributed by atoms with Crippen molar-refractivity contribution < 1.29 is 9.47 Å². The molecule has 0 aliphatic carbocycles. The molecule has 0 aliphatic heterocycles. The van der Waals surface area contributed by atoms with Crippen LogP contribution < -0.4 is 15.2 Å². The van der Waals surface area contributed by atoms with Gasteiger partial charge in [0.05, 0.1) is 20.3 Å². The Morgan fingerprint density at radius 2 is 1.67 bits per heavy atom. The Balaban J connectivity index is 2.42. The van der Waals surface area contributed by atoms with E-state index in [4.69, 9.17) is 15.2 Å². The molecule has 0 heterocycles. The highest BCUT2D eigenvalue weighted by molar-refractivity contribution is 5.45. The zero-order valence-electron chi connectivity index (χ0n) is 10.6. The third-order valence-corrected chi connectivity index (χ3v) is 2.93. The van der Waals surface area contributed by atoms with Gasteiger partial charge in [0.2, 0.25) is 0 Å². The van der Waals surface area contributed by atoms with E-state index in [9.17, 15) is 0 Å². The average molecular weight is 243 g/mol. The largest absolute Gasteiger partial charge is 0.497 e. The lowest BCUT2D eigenvalue weighted by molar-refractivity contribution is 0.397. The maximum absolute atomic E-state index is 6.28. The van der Waals surface area contributed by atoms with Gasteiger partial charge >= 0.3 is 0 Å². The molecule has 94 valence electrons. The van der Waals surface area contributed by atoms with Crippen molar-refractivity contribution in [3.05, 3.63) is 59.7 Å². The van der Waals surface area contributed by atoms with E-state index in [1.54, 1.807) is 14.2 Å². The minimum Gasteiger partial charge on any atom is -0.497 e. The molecular weight excluding hydrogens is 226 g/mol. The SMILES string of the molecule is COc1ccc(OC)c(C(N)c2ccccc2)c1. The Hall–Kier alpha value is -2.00. The predicted octanol–water partition coefficient (Wildman–Crippen LogP) is 2.75. The van der Waals surface area contributed by atoms with Crippen LogP contribution in [0.15, 0.2) is 48.5 Å². The quantitative estimate of drug-likeness (QED) is 0.898. The molecule has 2 aromatic carbocycles. The van der Waals surface area contributed by atoms with Crippen LogP contribution in [0.2, 0.25) is 0 Å². The van der Waals surface area contributed by atoms with Gasteiger partial charge in [-0.1, -0.05) is 30.3 Å². The Labute approximate surface area is 107 Å². The van der Waals surface area contributed by atoms with E-state index in [2.05, 4.69) is 0 Å². The van der Waals surface area contributed by atoms with E-state index in [0.29, 0.717) is 0 Å². The maximum atomic E-state index is 6.28. The summed E-state index contributed by atoms with van der Waals surface area (Å²) in [5.41, 5.74) is 8.25. The molecular formula is C15H17NO2. The molecule has 0 aliphatic rings. The molecule has 1 unspecified atom stereocenters. The van der Waals surface area contributed by atoms with Crippen LogP contribution >= 0.6 is 0 Å². The van der Waals surface area contributed by atoms with Crippen molar-refractivity contribution in [3.63, 3.8) is 0 Å². The lowest BCUT2D eigenvalue weighted by Crippen LogP contribution is -2.13. The van der Waals surface area contributed by atoms with Gasteiger partial charge in [-0.2, -0.15) is 0 Å². The first-order valence-corrected chi connectivity index (χ1v) is 5.78. The van der Waals surface area contributed by atoms with E-state index in [-0.39, 0.29) is 6.04 Å². The normalized spacial score (nSPS) is 11.9. The summed E-state index contributed by atoms with van der Waals surface area (Å²) in [6.07, 6.45) is 0. The van der Waals surface area contributed by atoms with Crippen LogP contribution in [0.25, 0.3) is 0 Å². The molecule has 3 nitrogen and oxygen atoms in total. The molecule has 1 atom stereocenters. The van der Waals surface area contributed by atoms with Gasteiger partial charge < -0.3 is 15.2 Å². The average Bonchev–Trinajstić information content (AvgIpc) is 2.46. The zero-order valence-corrected chi connectivity index (χ0v) is 10.6. The molecule has 18 heavy (non-hydrogen) atoms. The van der Waals surface area contributed by atoms with Gasteiger partial charge in [0.25, 0.3) is 0 Å². The van der Waals surface area contributed by atoms with E-state index < -0.39 is 0 Å². The first-order chi connectivity index (χ1) is 8.76. The number of methoxy groups -OCH3 is 2. The number of rotatable bonds is 4. The van der Waals surface area contributed by atoms with Crippen LogP contribution in [0.4, 0.5) is 0 Å². The molecule has 0 saturated heterocycles. The highest BCUT2D eigenvalue weighted by Gasteiger charge is 2.14. The lowest BCUT2D eigenvalue weighted by atomic mass is 9.98. The van der Waals surface area contributed by atoms with E-state index in [0.717, 1.165) is 22.6 Å². The summed E-state index contributed by atoms with van der Waals surface area (Å²) in [6.45, 7) is 0. The fourth-order valence-electron chi connectivity index (χ4n) is 1.92. The lowest BCUT2D eigenvalue weighted by Gasteiger charge is -2.17. The molecule has 2 N–H and O–H groups in total. The van der Waals surface area contributed by atoms with E-state index in [1.165, 1.54) is 0 Å². The monoisotopic (exact) mass is 243 g/mol. The molecule has 2 aromatic rings. The van der Waals surface area contributed by atoms with Crippen LogP contribution in [-0.2, 0) is 0 Å². The van der Waals surface area contributed by atoms with Gasteiger partial charge in [-0.05, 0) is 23.8 Å². The van der Waals surface area contributed by atoms with E-state index in [1.807, 2.05) is 48.5 Å². The summed E-state index contributed by atoms with van der Waals surface area (Å²) < 4.78 is 10.6. The summed E-state index contributed by atoms with van der Waals surface area (Å²) in [6, 6.07) is 15.3. The van der Waals surface area contributed by atoms with Crippen molar-refractivity contribution in [1.29, 1.82) is 0 Å². The highest BCUT2D eigenvalue weighted by atomic mass is 16.5. The molecule has 0 saturated carbocycles. The van der Waals surface area contributed by atoms with Gasteiger partial charge in [0, 0.05) is 5.56 Å². The number of nitrogens with two attached hydrogens (primary N) is 1. The van der Waals surface area contributed by atoms with Crippen molar-refractivity contribution >= 4 is 0 Å². The molecule has 0 fully saturated rings. The number of ether oxygens (including phenoxy) is 2. The van der Waals surface area contributed by atoms with Gasteiger partial charge in [0.15, 0.2) is 0 Å². The van der Waals surface area contributed by atoms with E-state index >= 15 is 0 Å². The summed E-state index contributed by atoms with van der Waals surface area (Å²) in [5.74, 6) is 1.55.